The maximum absolute atomic E-state index is 12.3. The van der Waals surface area contributed by atoms with Crippen LogP contribution >= 0.6 is 0 Å². The van der Waals surface area contributed by atoms with Gasteiger partial charge >= 0.3 is 0 Å². The Kier molecular flexibility index (Phi) is 3.85. The van der Waals surface area contributed by atoms with E-state index < -0.39 is 0 Å². The number of oxazole rings is 1. The van der Waals surface area contributed by atoms with Gasteiger partial charge < -0.3 is 15.5 Å². The van der Waals surface area contributed by atoms with E-state index in [1.165, 1.54) is 11.8 Å². The Labute approximate surface area is 134 Å². The van der Waals surface area contributed by atoms with Gasteiger partial charge in [-0.1, -0.05) is 6.07 Å². The van der Waals surface area contributed by atoms with Crippen LogP contribution in [0.3, 0.4) is 0 Å². The number of nitrogens with two attached hydrogens (primary N) is 1. The number of benzene rings is 2. The number of aromatic nitrogens is 1. The van der Waals surface area contributed by atoms with Gasteiger partial charge in [0.2, 0.25) is 5.89 Å². The van der Waals surface area contributed by atoms with Crippen molar-refractivity contribution < 1.29 is 9.21 Å². The molecule has 0 saturated heterocycles. The summed E-state index contributed by atoms with van der Waals surface area (Å²) < 4.78 is 5.38. The number of amides is 1. The zero-order chi connectivity index (χ0) is 16.4. The van der Waals surface area contributed by atoms with E-state index in [0.717, 1.165) is 16.8 Å². The third-order valence-corrected chi connectivity index (χ3v) is 3.66. The van der Waals surface area contributed by atoms with E-state index in [1.807, 2.05) is 32.0 Å². The minimum atomic E-state index is -0.307. The second kappa shape index (κ2) is 5.96. The summed E-state index contributed by atoms with van der Waals surface area (Å²) in [5, 5.41) is 2.82. The molecule has 0 aliphatic carbocycles. The van der Waals surface area contributed by atoms with Crippen molar-refractivity contribution in [1.29, 1.82) is 0 Å². The number of carbonyl (C=O) groups is 1. The molecule has 0 bridgehead atoms. The lowest BCUT2D eigenvalue weighted by atomic mass is 10.1. The van der Waals surface area contributed by atoms with Gasteiger partial charge in [-0.25, -0.2) is 4.98 Å². The molecule has 0 spiro atoms. The molecule has 0 aliphatic heterocycles. The van der Waals surface area contributed by atoms with Gasteiger partial charge in [0.15, 0.2) is 5.69 Å². The van der Waals surface area contributed by atoms with Gasteiger partial charge in [-0.2, -0.15) is 0 Å². The SMILES string of the molecule is Cc1ccc(NC(=O)c2coc(-c3ccc(N)cc3)n2)cc1C. The Bertz CT molecular complexity index is 851. The van der Waals surface area contributed by atoms with Crippen molar-refractivity contribution in [2.45, 2.75) is 13.8 Å². The van der Waals surface area contributed by atoms with Gasteiger partial charge in [0.05, 0.1) is 0 Å². The molecule has 0 saturated carbocycles. The molecule has 0 atom stereocenters. The third kappa shape index (κ3) is 3.23. The molecule has 0 unspecified atom stereocenters. The van der Waals surface area contributed by atoms with E-state index in [1.54, 1.807) is 24.3 Å². The van der Waals surface area contributed by atoms with E-state index in [9.17, 15) is 4.79 Å². The first kappa shape index (κ1) is 14.8. The highest BCUT2D eigenvalue weighted by Crippen LogP contribution is 2.21. The molecule has 3 rings (SSSR count). The van der Waals surface area contributed by atoms with Crippen molar-refractivity contribution in [3.8, 4) is 11.5 Å². The summed E-state index contributed by atoms with van der Waals surface area (Å²) in [5.74, 6) is 0.0777. The molecule has 23 heavy (non-hydrogen) atoms. The number of nitrogen functional groups attached to an aromatic ring is 1. The topological polar surface area (TPSA) is 81.2 Å². The third-order valence-electron chi connectivity index (χ3n) is 3.66. The molecule has 3 N–H and O–H groups in total. The van der Waals surface area contributed by atoms with Crippen LogP contribution in [-0.2, 0) is 0 Å². The van der Waals surface area contributed by atoms with Crippen molar-refractivity contribution in [1.82, 2.24) is 4.98 Å². The Hall–Kier alpha value is -3.08. The lowest BCUT2D eigenvalue weighted by Gasteiger charge is -2.05. The van der Waals surface area contributed by atoms with Crippen LogP contribution in [0.1, 0.15) is 21.6 Å². The fraction of sp³-hybridized carbons (Fsp3) is 0.111. The molecule has 0 radical (unpaired) electrons. The zero-order valence-electron chi connectivity index (χ0n) is 13.0. The Morgan fingerprint density at radius 1 is 1.09 bits per heavy atom. The summed E-state index contributed by atoms with van der Waals surface area (Å²) in [6, 6.07) is 12.9. The Morgan fingerprint density at radius 3 is 2.52 bits per heavy atom. The molecule has 1 aromatic heterocycles. The maximum Gasteiger partial charge on any atom is 0.277 e. The summed E-state index contributed by atoms with van der Waals surface area (Å²) in [7, 11) is 0. The van der Waals surface area contributed by atoms with Crippen molar-refractivity contribution in [2.24, 2.45) is 0 Å². The van der Waals surface area contributed by atoms with E-state index >= 15 is 0 Å². The first-order chi connectivity index (χ1) is 11.0. The Morgan fingerprint density at radius 2 is 1.83 bits per heavy atom. The van der Waals surface area contributed by atoms with Gasteiger partial charge in [0, 0.05) is 16.9 Å². The largest absolute Gasteiger partial charge is 0.444 e. The molecule has 0 aliphatic rings. The van der Waals surface area contributed by atoms with Crippen LogP contribution < -0.4 is 11.1 Å². The van der Waals surface area contributed by atoms with Crippen molar-refractivity contribution in [3.05, 3.63) is 65.5 Å². The quantitative estimate of drug-likeness (QED) is 0.721. The lowest BCUT2D eigenvalue weighted by Crippen LogP contribution is -2.12. The van der Waals surface area contributed by atoms with Crippen LogP contribution in [-0.4, -0.2) is 10.9 Å². The van der Waals surface area contributed by atoms with Crippen LogP contribution in [0.4, 0.5) is 11.4 Å². The minimum absolute atomic E-state index is 0.232. The molecule has 116 valence electrons. The standard InChI is InChI=1S/C18H17N3O2/c1-11-3-8-15(9-12(11)2)20-17(22)16-10-23-18(21-16)13-4-6-14(19)7-5-13/h3-10H,19H2,1-2H3,(H,20,22). The van der Waals surface area contributed by atoms with Gasteiger partial charge in [-0.15, -0.1) is 0 Å². The normalized spacial score (nSPS) is 10.5. The summed E-state index contributed by atoms with van der Waals surface area (Å²) in [6.45, 7) is 4.03. The van der Waals surface area contributed by atoms with Crippen LogP contribution in [0, 0.1) is 13.8 Å². The first-order valence-electron chi connectivity index (χ1n) is 7.23. The van der Waals surface area contributed by atoms with Crippen molar-refractivity contribution >= 4 is 17.3 Å². The number of anilines is 2. The summed E-state index contributed by atoms with van der Waals surface area (Å²) in [6.07, 6.45) is 1.35. The molecule has 5 nitrogen and oxygen atoms in total. The first-order valence-corrected chi connectivity index (χ1v) is 7.23. The van der Waals surface area contributed by atoms with Crippen LogP contribution in [0.15, 0.2) is 53.1 Å². The minimum Gasteiger partial charge on any atom is -0.444 e. The second-order valence-electron chi connectivity index (χ2n) is 5.41. The Balaban J connectivity index is 1.78. The highest BCUT2D eigenvalue weighted by Gasteiger charge is 2.14. The van der Waals surface area contributed by atoms with Gasteiger partial charge in [-0.3, -0.25) is 4.79 Å². The van der Waals surface area contributed by atoms with E-state index in [2.05, 4.69) is 10.3 Å². The number of aryl methyl sites for hydroxylation is 2. The molecule has 3 aromatic rings. The number of nitrogens with one attached hydrogen (secondary N) is 1. The van der Waals surface area contributed by atoms with Crippen LogP contribution in [0.25, 0.3) is 11.5 Å². The predicted octanol–water partition coefficient (Wildman–Crippen LogP) is 3.79. The number of rotatable bonds is 3. The second-order valence-corrected chi connectivity index (χ2v) is 5.41. The number of carbonyl (C=O) groups excluding carboxylic acids is 1. The monoisotopic (exact) mass is 307 g/mol. The number of hydrogen-bond donors (Lipinski definition) is 2. The number of hydrogen-bond acceptors (Lipinski definition) is 4. The lowest BCUT2D eigenvalue weighted by molar-refractivity contribution is 0.102. The summed E-state index contributed by atoms with van der Waals surface area (Å²) in [5.41, 5.74) is 10.3. The van der Waals surface area contributed by atoms with E-state index in [0.29, 0.717) is 11.6 Å². The highest BCUT2D eigenvalue weighted by molar-refractivity contribution is 6.03. The van der Waals surface area contributed by atoms with E-state index in [-0.39, 0.29) is 11.6 Å². The fourth-order valence-electron chi connectivity index (χ4n) is 2.15. The molecule has 1 heterocycles. The highest BCUT2D eigenvalue weighted by atomic mass is 16.3. The molecule has 1 amide bonds. The van der Waals surface area contributed by atoms with Gasteiger partial charge in [0.25, 0.3) is 5.91 Å². The van der Waals surface area contributed by atoms with Crippen LogP contribution in [0.2, 0.25) is 0 Å². The zero-order valence-corrected chi connectivity index (χ0v) is 13.0. The van der Waals surface area contributed by atoms with Crippen molar-refractivity contribution in [3.63, 3.8) is 0 Å². The molecular formula is C18H17N3O2. The van der Waals surface area contributed by atoms with Crippen LogP contribution in [0.5, 0.6) is 0 Å². The average molecular weight is 307 g/mol. The predicted molar refractivity (Wildman–Crippen MR) is 90.2 cm³/mol. The molecular weight excluding hydrogens is 290 g/mol. The maximum atomic E-state index is 12.3. The summed E-state index contributed by atoms with van der Waals surface area (Å²) >= 11 is 0. The van der Waals surface area contributed by atoms with Gasteiger partial charge in [0.1, 0.15) is 6.26 Å². The molecule has 0 fully saturated rings. The summed E-state index contributed by atoms with van der Waals surface area (Å²) in [4.78, 5) is 16.5. The molecule has 2 aromatic carbocycles. The number of nitrogens with zero attached hydrogens (tertiary/aromatic N) is 1. The van der Waals surface area contributed by atoms with E-state index in [4.69, 9.17) is 10.2 Å². The smallest absolute Gasteiger partial charge is 0.277 e. The fourth-order valence-corrected chi connectivity index (χ4v) is 2.15. The van der Waals surface area contributed by atoms with Gasteiger partial charge in [-0.05, 0) is 61.4 Å². The van der Waals surface area contributed by atoms with Crippen molar-refractivity contribution in [2.75, 3.05) is 11.1 Å². The molecule has 5 heteroatoms. The average Bonchev–Trinajstić information content (AvgIpc) is 3.02.